The Morgan fingerprint density at radius 1 is 1.24 bits per heavy atom. The molecule has 7 heteroatoms. The fraction of sp³-hybridized carbons (Fsp3) is 0.214. The van der Waals surface area contributed by atoms with Crippen molar-refractivity contribution in [1.82, 2.24) is 4.31 Å². The van der Waals surface area contributed by atoms with Gasteiger partial charge in [-0.3, -0.25) is 4.79 Å². The number of carbonyl (C=O) groups is 1. The summed E-state index contributed by atoms with van der Waals surface area (Å²) in [6, 6.07) is 9.08. The van der Waals surface area contributed by atoms with Crippen LogP contribution in [0.4, 0.5) is 0 Å². The molecule has 0 aliphatic carbocycles. The Bertz CT molecular complexity index is 768. The predicted octanol–water partition coefficient (Wildman–Crippen LogP) is 2.12. The van der Waals surface area contributed by atoms with Crippen molar-refractivity contribution in [2.45, 2.75) is 16.7 Å². The van der Waals surface area contributed by atoms with Gasteiger partial charge in [-0.15, -0.1) is 11.3 Å². The van der Waals surface area contributed by atoms with E-state index in [2.05, 4.69) is 0 Å². The van der Waals surface area contributed by atoms with E-state index in [0.29, 0.717) is 12.0 Å². The van der Waals surface area contributed by atoms with Crippen LogP contribution in [0.5, 0.6) is 0 Å². The fourth-order valence-electron chi connectivity index (χ4n) is 2.58. The topological polar surface area (TPSA) is 74.7 Å². The van der Waals surface area contributed by atoms with Gasteiger partial charge < -0.3 is 5.11 Å². The van der Waals surface area contributed by atoms with E-state index < -0.39 is 22.0 Å². The fourth-order valence-corrected chi connectivity index (χ4v) is 5.27. The molecule has 0 fully saturated rings. The van der Waals surface area contributed by atoms with E-state index in [4.69, 9.17) is 0 Å². The van der Waals surface area contributed by atoms with Crippen LogP contribution in [0.3, 0.4) is 0 Å². The van der Waals surface area contributed by atoms with Crippen LogP contribution in [0.1, 0.15) is 17.2 Å². The Morgan fingerprint density at radius 2 is 2.00 bits per heavy atom. The Morgan fingerprint density at radius 3 is 2.67 bits per heavy atom. The molecule has 0 saturated heterocycles. The number of hydrogen-bond acceptors (Lipinski definition) is 4. The molecule has 1 atom stereocenters. The first-order chi connectivity index (χ1) is 10.0. The molecule has 0 saturated carbocycles. The van der Waals surface area contributed by atoms with E-state index in [-0.39, 0.29) is 10.8 Å². The Kier molecular flexibility index (Phi) is 3.56. The normalized spacial score (nSPS) is 19.1. The van der Waals surface area contributed by atoms with Crippen molar-refractivity contribution >= 4 is 27.3 Å². The molecule has 2 aromatic rings. The lowest BCUT2D eigenvalue weighted by molar-refractivity contribution is -0.142. The first-order valence-corrected chi connectivity index (χ1v) is 8.70. The van der Waals surface area contributed by atoms with E-state index in [1.807, 2.05) is 12.1 Å². The third-order valence-corrected chi connectivity index (χ3v) is 6.77. The molecular weight excluding hydrogens is 310 g/mol. The van der Waals surface area contributed by atoms with Crippen molar-refractivity contribution in [3.63, 3.8) is 0 Å². The van der Waals surface area contributed by atoms with Crippen LogP contribution in [0.2, 0.25) is 0 Å². The summed E-state index contributed by atoms with van der Waals surface area (Å²) in [5.41, 5.74) is 1.44. The monoisotopic (exact) mass is 323 g/mol. The molecule has 0 spiro atoms. The largest absolute Gasteiger partial charge is 0.480 e. The molecular formula is C14H13NO4S2. The maximum Gasteiger partial charge on any atom is 0.326 e. The molecule has 1 aromatic carbocycles. The third kappa shape index (κ3) is 2.37. The number of aliphatic carboxylic acids is 1. The average molecular weight is 323 g/mol. The van der Waals surface area contributed by atoms with Gasteiger partial charge in [0.2, 0.25) is 0 Å². The van der Waals surface area contributed by atoms with Crippen LogP contribution in [-0.4, -0.2) is 30.3 Å². The van der Waals surface area contributed by atoms with Gasteiger partial charge in [-0.1, -0.05) is 30.3 Å². The summed E-state index contributed by atoms with van der Waals surface area (Å²) >= 11 is 1.10. The first-order valence-electron chi connectivity index (χ1n) is 6.38. The molecule has 3 rings (SSSR count). The van der Waals surface area contributed by atoms with Gasteiger partial charge in [-0.2, -0.15) is 4.31 Å². The molecule has 110 valence electrons. The third-order valence-electron chi connectivity index (χ3n) is 3.53. The lowest BCUT2D eigenvalue weighted by Gasteiger charge is -2.33. The lowest BCUT2D eigenvalue weighted by Crippen LogP contribution is -2.43. The molecule has 5 nitrogen and oxygen atoms in total. The number of carboxylic acid groups (broad SMARTS) is 1. The molecule has 0 radical (unpaired) electrons. The summed E-state index contributed by atoms with van der Waals surface area (Å²) in [4.78, 5) is 11.6. The number of hydrogen-bond donors (Lipinski definition) is 1. The van der Waals surface area contributed by atoms with E-state index in [9.17, 15) is 18.3 Å². The molecule has 0 bridgehead atoms. The van der Waals surface area contributed by atoms with Gasteiger partial charge in [-0.05, 0) is 29.0 Å². The summed E-state index contributed by atoms with van der Waals surface area (Å²) < 4.78 is 26.6. The number of sulfonamides is 1. The Hall–Kier alpha value is -1.70. The minimum absolute atomic E-state index is 0.174. The minimum Gasteiger partial charge on any atom is -0.480 e. The number of rotatable bonds is 3. The van der Waals surface area contributed by atoms with Gasteiger partial charge in [0, 0.05) is 6.54 Å². The molecule has 1 aliphatic heterocycles. The van der Waals surface area contributed by atoms with Gasteiger partial charge in [0.15, 0.2) is 0 Å². The zero-order valence-corrected chi connectivity index (χ0v) is 12.6. The molecule has 1 N–H and O–H groups in total. The number of benzene rings is 1. The molecule has 1 unspecified atom stereocenters. The molecule has 1 aliphatic rings. The quantitative estimate of drug-likeness (QED) is 0.939. The first kappa shape index (κ1) is 14.2. The van der Waals surface area contributed by atoms with Crippen LogP contribution >= 0.6 is 11.3 Å². The van der Waals surface area contributed by atoms with Crippen LogP contribution in [-0.2, 0) is 21.2 Å². The van der Waals surface area contributed by atoms with Gasteiger partial charge in [0.05, 0.1) is 0 Å². The maximum atomic E-state index is 12.6. The van der Waals surface area contributed by atoms with E-state index >= 15 is 0 Å². The second-order valence-corrected chi connectivity index (χ2v) is 7.80. The average Bonchev–Trinajstić information content (AvgIpc) is 3.00. The van der Waals surface area contributed by atoms with Gasteiger partial charge in [-0.25, -0.2) is 8.42 Å². The number of thiophene rings is 1. The van der Waals surface area contributed by atoms with Gasteiger partial charge >= 0.3 is 5.97 Å². The summed E-state index contributed by atoms with van der Waals surface area (Å²) in [6.45, 7) is 0.175. The number of carboxylic acids is 1. The summed E-state index contributed by atoms with van der Waals surface area (Å²) in [6.07, 6.45) is 0.518. The molecule has 0 amide bonds. The highest BCUT2D eigenvalue weighted by Crippen LogP contribution is 2.35. The predicted molar refractivity (Wildman–Crippen MR) is 78.7 cm³/mol. The van der Waals surface area contributed by atoms with E-state index in [0.717, 1.165) is 21.2 Å². The molecule has 21 heavy (non-hydrogen) atoms. The lowest BCUT2D eigenvalue weighted by atomic mass is 9.94. The Balaban J connectivity index is 2.10. The van der Waals surface area contributed by atoms with Gasteiger partial charge in [0.1, 0.15) is 10.3 Å². The van der Waals surface area contributed by atoms with Crippen molar-refractivity contribution in [1.29, 1.82) is 0 Å². The van der Waals surface area contributed by atoms with Gasteiger partial charge in [0.25, 0.3) is 10.0 Å². The summed E-state index contributed by atoms with van der Waals surface area (Å²) in [5.74, 6) is -1.15. The Labute approximate surface area is 126 Å². The number of nitrogens with zero attached hydrogens (tertiary/aromatic N) is 1. The SMILES string of the molecule is O=C(O)C1c2ccccc2CCN1S(=O)(=O)c1cccs1. The molecule has 1 aromatic heterocycles. The second-order valence-electron chi connectivity index (χ2n) is 4.74. The highest BCUT2D eigenvalue weighted by Gasteiger charge is 2.40. The number of fused-ring (bicyclic) bond motifs is 1. The maximum absolute atomic E-state index is 12.6. The van der Waals surface area contributed by atoms with E-state index in [1.54, 1.807) is 23.6 Å². The minimum atomic E-state index is -3.78. The van der Waals surface area contributed by atoms with Crippen LogP contribution in [0.15, 0.2) is 46.0 Å². The van der Waals surface area contributed by atoms with Crippen LogP contribution in [0.25, 0.3) is 0 Å². The second kappa shape index (κ2) is 5.25. The van der Waals surface area contributed by atoms with Crippen molar-refractivity contribution in [3.05, 3.63) is 52.9 Å². The summed E-state index contributed by atoms with van der Waals surface area (Å²) in [7, 11) is -3.78. The molecule has 2 heterocycles. The zero-order valence-electron chi connectivity index (χ0n) is 11.0. The van der Waals surface area contributed by atoms with Crippen molar-refractivity contribution < 1.29 is 18.3 Å². The van der Waals surface area contributed by atoms with Crippen molar-refractivity contribution in [2.75, 3.05) is 6.54 Å². The summed E-state index contributed by atoms with van der Waals surface area (Å²) in [5, 5.41) is 11.2. The zero-order chi connectivity index (χ0) is 15.0. The van der Waals surface area contributed by atoms with Crippen molar-refractivity contribution in [3.8, 4) is 0 Å². The van der Waals surface area contributed by atoms with Crippen LogP contribution < -0.4 is 0 Å². The van der Waals surface area contributed by atoms with E-state index in [1.165, 1.54) is 6.07 Å². The highest BCUT2D eigenvalue weighted by molar-refractivity contribution is 7.91. The highest BCUT2D eigenvalue weighted by atomic mass is 32.2. The van der Waals surface area contributed by atoms with Crippen molar-refractivity contribution in [2.24, 2.45) is 0 Å². The smallest absolute Gasteiger partial charge is 0.326 e. The standard InChI is InChI=1S/C14H13NO4S2/c16-14(17)13-11-5-2-1-4-10(11)7-8-15(13)21(18,19)12-6-3-9-20-12/h1-6,9,13H,7-8H2,(H,16,17). The van der Waals surface area contributed by atoms with Crippen LogP contribution in [0, 0.1) is 0 Å².